The molecule has 3 rings (SSSR count). The summed E-state index contributed by atoms with van der Waals surface area (Å²) in [6.45, 7) is 7.79. The molecule has 1 aliphatic carbocycles. The van der Waals surface area contributed by atoms with Crippen LogP contribution >= 0.6 is 0 Å². The molecule has 1 amide bonds. The molecule has 1 saturated heterocycles. The van der Waals surface area contributed by atoms with Crippen molar-refractivity contribution < 1.29 is 4.79 Å². The number of benzene rings is 1. The fourth-order valence-corrected chi connectivity index (χ4v) is 3.34. The lowest BCUT2D eigenvalue weighted by Crippen LogP contribution is -2.55. The number of hydrogen-bond donors (Lipinski definition) is 1. The number of hydrogen-bond acceptors (Lipinski definition) is 3. The highest BCUT2D eigenvalue weighted by molar-refractivity contribution is 5.72. The van der Waals surface area contributed by atoms with Crippen molar-refractivity contribution >= 4 is 5.91 Å². The third-order valence-corrected chi connectivity index (χ3v) is 4.72. The fraction of sp³-hybridized carbons (Fsp3) is 0.588. The lowest BCUT2D eigenvalue weighted by atomic mass is 10.1. The first-order valence-corrected chi connectivity index (χ1v) is 7.94. The van der Waals surface area contributed by atoms with Gasteiger partial charge in [-0.1, -0.05) is 30.3 Å². The highest BCUT2D eigenvalue weighted by Crippen LogP contribution is 2.44. The molecule has 0 bridgehead atoms. The average molecular weight is 287 g/mol. The number of carbonyl (C=O) groups is 1. The predicted molar refractivity (Wildman–Crippen MR) is 83.9 cm³/mol. The largest absolute Gasteiger partial charge is 0.355 e. The van der Waals surface area contributed by atoms with Crippen LogP contribution in [0.2, 0.25) is 0 Å². The van der Waals surface area contributed by atoms with Crippen LogP contribution in [-0.4, -0.2) is 54.0 Å². The van der Waals surface area contributed by atoms with E-state index in [0.717, 1.165) is 39.3 Å². The lowest BCUT2D eigenvalue weighted by molar-refractivity contribution is -0.119. The molecule has 4 nitrogen and oxygen atoms in total. The highest BCUT2D eigenvalue weighted by Gasteiger charge is 2.50. The van der Waals surface area contributed by atoms with E-state index in [1.807, 2.05) is 0 Å². The third kappa shape index (κ3) is 3.63. The monoisotopic (exact) mass is 287 g/mol. The van der Waals surface area contributed by atoms with Crippen LogP contribution in [0.5, 0.6) is 0 Å². The minimum Gasteiger partial charge on any atom is -0.355 e. The average Bonchev–Trinajstić information content (AvgIpc) is 3.23. The van der Waals surface area contributed by atoms with Gasteiger partial charge in [0.15, 0.2) is 0 Å². The van der Waals surface area contributed by atoms with Gasteiger partial charge in [0, 0.05) is 51.7 Å². The van der Waals surface area contributed by atoms with Crippen LogP contribution in [0.15, 0.2) is 30.3 Å². The number of piperazine rings is 1. The Labute approximate surface area is 127 Å². The summed E-state index contributed by atoms with van der Waals surface area (Å²) in [4.78, 5) is 16.1. The summed E-state index contributed by atoms with van der Waals surface area (Å²) < 4.78 is 0. The standard InChI is InChI=1S/C17H25N3O/c1-15(21)18-9-10-19-11-12-20(17(14-19)7-8-17)13-16-5-3-2-4-6-16/h2-6H,7-14H2,1H3,(H,18,21). The molecule has 1 spiro atoms. The number of nitrogens with zero attached hydrogens (tertiary/aromatic N) is 2. The van der Waals surface area contributed by atoms with Crippen LogP contribution in [0.4, 0.5) is 0 Å². The van der Waals surface area contributed by atoms with Crippen LogP contribution < -0.4 is 5.32 Å². The zero-order valence-corrected chi connectivity index (χ0v) is 12.8. The van der Waals surface area contributed by atoms with Gasteiger partial charge in [0.05, 0.1) is 0 Å². The van der Waals surface area contributed by atoms with Crippen molar-refractivity contribution in [3.63, 3.8) is 0 Å². The molecule has 2 aliphatic rings. The first kappa shape index (κ1) is 14.5. The Balaban J connectivity index is 1.53. The van der Waals surface area contributed by atoms with Crippen LogP contribution in [0, 0.1) is 0 Å². The van der Waals surface area contributed by atoms with Gasteiger partial charge in [-0.15, -0.1) is 0 Å². The molecule has 0 unspecified atom stereocenters. The van der Waals surface area contributed by atoms with E-state index < -0.39 is 0 Å². The van der Waals surface area contributed by atoms with Crippen molar-refractivity contribution in [1.82, 2.24) is 15.1 Å². The molecule has 1 aromatic carbocycles. The molecule has 1 saturated carbocycles. The molecule has 1 heterocycles. The third-order valence-electron chi connectivity index (χ3n) is 4.72. The van der Waals surface area contributed by atoms with Crippen molar-refractivity contribution in [2.45, 2.75) is 31.8 Å². The molecule has 2 fully saturated rings. The van der Waals surface area contributed by atoms with Gasteiger partial charge in [0.2, 0.25) is 5.91 Å². The minimum atomic E-state index is 0.0684. The molecule has 1 aliphatic heterocycles. The van der Waals surface area contributed by atoms with E-state index >= 15 is 0 Å². The molecule has 1 N–H and O–H groups in total. The topological polar surface area (TPSA) is 35.6 Å². The van der Waals surface area contributed by atoms with Gasteiger partial charge < -0.3 is 5.32 Å². The van der Waals surface area contributed by atoms with E-state index in [-0.39, 0.29) is 5.91 Å². The van der Waals surface area contributed by atoms with Gasteiger partial charge in [-0.3, -0.25) is 14.6 Å². The lowest BCUT2D eigenvalue weighted by Gasteiger charge is -2.42. The molecule has 4 heteroatoms. The molecule has 0 atom stereocenters. The summed E-state index contributed by atoms with van der Waals surface area (Å²) in [5.74, 6) is 0.0684. The van der Waals surface area contributed by atoms with Gasteiger partial charge in [-0.25, -0.2) is 0 Å². The van der Waals surface area contributed by atoms with Crippen molar-refractivity contribution in [1.29, 1.82) is 0 Å². The molecule has 114 valence electrons. The van der Waals surface area contributed by atoms with Gasteiger partial charge in [-0.05, 0) is 18.4 Å². The quantitative estimate of drug-likeness (QED) is 0.891. The fourth-order valence-electron chi connectivity index (χ4n) is 3.34. The van der Waals surface area contributed by atoms with Gasteiger partial charge in [0.1, 0.15) is 0 Å². The SMILES string of the molecule is CC(=O)NCCN1CCN(Cc2ccccc2)C2(CC2)C1. The zero-order valence-electron chi connectivity index (χ0n) is 12.8. The Hall–Kier alpha value is -1.39. The summed E-state index contributed by atoms with van der Waals surface area (Å²) in [6.07, 6.45) is 2.63. The van der Waals surface area contributed by atoms with Crippen LogP contribution in [0.1, 0.15) is 25.3 Å². The molecule has 0 aromatic heterocycles. The van der Waals surface area contributed by atoms with Crippen molar-refractivity contribution in [3.05, 3.63) is 35.9 Å². The number of carbonyl (C=O) groups excluding carboxylic acids is 1. The van der Waals surface area contributed by atoms with Crippen LogP contribution in [0.25, 0.3) is 0 Å². The van der Waals surface area contributed by atoms with Gasteiger partial charge in [-0.2, -0.15) is 0 Å². The van der Waals surface area contributed by atoms with Gasteiger partial charge >= 0.3 is 0 Å². The Kier molecular flexibility index (Phi) is 4.27. The van der Waals surface area contributed by atoms with E-state index in [1.54, 1.807) is 6.92 Å². The maximum atomic E-state index is 10.9. The minimum absolute atomic E-state index is 0.0684. The first-order valence-electron chi connectivity index (χ1n) is 7.94. The molecule has 1 aromatic rings. The second-order valence-corrected chi connectivity index (χ2v) is 6.39. The Morgan fingerprint density at radius 1 is 1.24 bits per heavy atom. The number of rotatable bonds is 5. The number of nitrogens with one attached hydrogen (secondary N) is 1. The molecular weight excluding hydrogens is 262 g/mol. The van der Waals surface area contributed by atoms with E-state index in [1.165, 1.54) is 18.4 Å². The van der Waals surface area contributed by atoms with E-state index in [0.29, 0.717) is 5.54 Å². The second kappa shape index (κ2) is 6.16. The maximum absolute atomic E-state index is 10.9. The summed E-state index contributed by atoms with van der Waals surface area (Å²) in [5.41, 5.74) is 1.82. The van der Waals surface area contributed by atoms with E-state index in [4.69, 9.17) is 0 Å². The van der Waals surface area contributed by atoms with Crippen molar-refractivity contribution in [2.75, 3.05) is 32.7 Å². The summed E-state index contributed by atoms with van der Waals surface area (Å²) in [7, 11) is 0. The van der Waals surface area contributed by atoms with Crippen molar-refractivity contribution in [2.24, 2.45) is 0 Å². The van der Waals surface area contributed by atoms with E-state index in [2.05, 4.69) is 45.4 Å². The van der Waals surface area contributed by atoms with Crippen LogP contribution in [-0.2, 0) is 11.3 Å². The highest BCUT2D eigenvalue weighted by atomic mass is 16.1. The second-order valence-electron chi connectivity index (χ2n) is 6.39. The molecular formula is C17H25N3O. The van der Waals surface area contributed by atoms with Crippen LogP contribution in [0.3, 0.4) is 0 Å². The van der Waals surface area contributed by atoms with Crippen molar-refractivity contribution in [3.8, 4) is 0 Å². The molecule has 21 heavy (non-hydrogen) atoms. The summed E-state index contributed by atoms with van der Waals surface area (Å²) >= 11 is 0. The first-order chi connectivity index (χ1) is 10.2. The Morgan fingerprint density at radius 2 is 2.00 bits per heavy atom. The summed E-state index contributed by atoms with van der Waals surface area (Å²) in [6, 6.07) is 10.8. The number of amides is 1. The van der Waals surface area contributed by atoms with Gasteiger partial charge in [0.25, 0.3) is 0 Å². The smallest absolute Gasteiger partial charge is 0.216 e. The van der Waals surface area contributed by atoms with E-state index in [9.17, 15) is 4.79 Å². The predicted octanol–water partition coefficient (Wildman–Crippen LogP) is 1.47. The Bertz CT molecular complexity index is 484. The summed E-state index contributed by atoms with van der Waals surface area (Å²) in [5, 5.41) is 2.90. The normalized spacial score (nSPS) is 21.4. The zero-order chi connectivity index (χ0) is 14.7. The maximum Gasteiger partial charge on any atom is 0.216 e. The Morgan fingerprint density at radius 3 is 2.67 bits per heavy atom. The molecule has 0 radical (unpaired) electrons.